The molecule has 0 saturated heterocycles. The van der Waals surface area contributed by atoms with Gasteiger partial charge in [-0.1, -0.05) is 37.5 Å². The normalized spacial score (nSPS) is 13.9. The molecule has 2 aromatic carbocycles. The summed E-state index contributed by atoms with van der Waals surface area (Å²) in [4.78, 5) is 28.9. The third-order valence-electron chi connectivity index (χ3n) is 5.17. The van der Waals surface area contributed by atoms with Gasteiger partial charge in [0.15, 0.2) is 5.13 Å². The maximum absolute atomic E-state index is 12.4. The fourth-order valence-corrected chi connectivity index (χ4v) is 4.32. The van der Waals surface area contributed by atoms with E-state index in [1.54, 1.807) is 29.6 Å². The Kier molecular flexibility index (Phi) is 7.34. The van der Waals surface area contributed by atoms with E-state index in [4.69, 9.17) is 4.74 Å². The fourth-order valence-electron chi connectivity index (χ4n) is 3.61. The van der Waals surface area contributed by atoms with Crippen molar-refractivity contribution in [2.75, 3.05) is 10.6 Å². The summed E-state index contributed by atoms with van der Waals surface area (Å²) >= 11 is 1.31. The van der Waals surface area contributed by atoms with Gasteiger partial charge in [0.25, 0.3) is 0 Å². The Balaban J connectivity index is 1.23. The maximum Gasteiger partial charge on any atom is 0.321 e. The highest BCUT2D eigenvalue weighted by atomic mass is 32.1. The van der Waals surface area contributed by atoms with E-state index in [1.165, 1.54) is 17.8 Å². The SMILES string of the molecule is O=C(Cc1csc(NC(=O)NC2CCCCC2)n1)Nc1ccc(Oc2ccccc2)cc1. The molecule has 1 heterocycles. The molecule has 7 nitrogen and oxygen atoms in total. The second-order valence-electron chi connectivity index (χ2n) is 7.74. The highest BCUT2D eigenvalue weighted by molar-refractivity contribution is 7.13. The molecule has 3 aromatic rings. The smallest absolute Gasteiger partial charge is 0.321 e. The van der Waals surface area contributed by atoms with Gasteiger partial charge in [-0.05, 0) is 49.2 Å². The molecule has 0 unspecified atom stereocenters. The van der Waals surface area contributed by atoms with Crippen LogP contribution in [0.2, 0.25) is 0 Å². The van der Waals surface area contributed by atoms with Crippen LogP contribution < -0.4 is 20.7 Å². The molecule has 8 heteroatoms. The van der Waals surface area contributed by atoms with E-state index in [0.29, 0.717) is 22.3 Å². The number of thiazole rings is 1. The van der Waals surface area contributed by atoms with Crippen LogP contribution in [0.1, 0.15) is 37.8 Å². The Morgan fingerprint density at radius 3 is 2.41 bits per heavy atom. The van der Waals surface area contributed by atoms with Crippen LogP contribution in [0.15, 0.2) is 60.0 Å². The third kappa shape index (κ3) is 6.55. The second-order valence-corrected chi connectivity index (χ2v) is 8.60. The molecule has 1 fully saturated rings. The number of ether oxygens (including phenoxy) is 1. The number of rotatable bonds is 7. The molecule has 1 aliphatic carbocycles. The van der Waals surface area contributed by atoms with Gasteiger partial charge >= 0.3 is 6.03 Å². The lowest BCUT2D eigenvalue weighted by Crippen LogP contribution is -2.39. The highest BCUT2D eigenvalue weighted by Crippen LogP contribution is 2.23. The number of amides is 3. The van der Waals surface area contributed by atoms with E-state index in [9.17, 15) is 9.59 Å². The van der Waals surface area contributed by atoms with E-state index in [2.05, 4.69) is 20.9 Å². The van der Waals surface area contributed by atoms with E-state index in [0.717, 1.165) is 31.4 Å². The summed E-state index contributed by atoms with van der Waals surface area (Å²) < 4.78 is 5.76. The molecule has 1 aromatic heterocycles. The van der Waals surface area contributed by atoms with Crippen LogP contribution in [0.5, 0.6) is 11.5 Å². The van der Waals surface area contributed by atoms with Gasteiger partial charge in [-0.3, -0.25) is 10.1 Å². The van der Waals surface area contributed by atoms with Crippen LogP contribution in [0, 0.1) is 0 Å². The minimum atomic E-state index is -0.236. The highest BCUT2D eigenvalue weighted by Gasteiger charge is 2.16. The molecular formula is C24H26N4O3S. The molecule has 32 heavy (non-hydrogen) atoms. The minimum absolute atomic E-state index is 0.130. The van der Waals surface area contributed by atoms with Gasteiger partial charge in [0.2, 0.25) is 5.91 Å². The zero-order valence-corrected chi connectivity index (χ0v) is 18.5. The van der Waals surface area contributed by atoms with E-state index in [-0.39, 0.29) is 24.4 Å². The van der Waals surface area contributed by atoms with Crippen molar-refractivity contribution >= 4 is 34.1 Å². The van der Waals surface area contributed by atoms with Gasteiger partial charge in [-0.15, -0.1) is 11.3 Å². The first-order valence-corrected chi connectivity index (χ1v) is 11.7. The summed E-state index contributed by atoms with van der Waals surface area (Å²) in [5.74, 6) is 1.27. The molecule has 1 aliphatic rings. The van der Waals surface area contributed by atoms with Crippen molar-refractivity contribution < 1.29 is 14.3 Å². The first kappa shape index (κ1) is 21.8. The van der Waals surface area contributed by atoms with Crippen LogP contribution in [-0.2, 0) is 11.2 Å². The molecule has 166 valence electrons. The minimum Gasteiger partial charge on any atom is -0.457 e. The van der Waals surface area contributed by atoms with E-state index in [1.807, 2.05) is 30.3 Å². The van der Waals surface area contributed by atoms with Crippen molar-refractivity contribution in [3.05, 3.63) is 65.7 Å². The molecule has 0 atom stereocenters. The average Bonchev–Trinajstić information content (AvgIpc) is 3.22. The molecule has 0 radical (unpaired) electrons. The Morgan fingerprint density at radius 1 is 0.938 bits per heavy atom. The average molecular weight is 451 g/mol. The molecule has 3 N–H and O–H groups in total. The first-order chi connectivity index (χ1) is 15.6. The van der Waals surface area contributed by atoms with Crippen molar-refractivity contribution in [2.45, 2.75) is 44.6 Å². The quantitative estimate of drug-likeness (QED) is 0.439. The van der Waals surface area contributed by atoms with Crippen LogP contribution in [0.25, 0.3) is 0 Å². The topological polar surface area (TPSA) is 92.4 Å². The van der Waals surface area contributed by atoms with Gasteiger partial charge in [-0.2, -0.15) is 0 Å². The Morgan fingerprint density at radius 2 is 1.66 bits per heavy atom. The molecule has 0 spiro atoms. The van der Waals surface area contributed by atoms with Crippen molar-refractivity contribution in [3.63, 3.8) is 0 Å². The number of hydrogen-bond acceptors (Lipinski definition) is 5. The summed E-state index contributed by atoms with van der Waals surface area (Å²) in [6.45, 7) is 0. The van der Waals surface area contributed by atoms with Crippen molar-refractivity contribution in [1.29, 1.82) is 0 Å². The number of carbonyl (C=O) groups excluding carboxylic acids is 2. The summed E-state index contributed by atoms with van der Waals surface area (Å²) in [5.41, 5.74) is 1.29. The van der Waals surface area contributed by atoms with Gasteiger partial charge < -0.3 is 15.4 Å². The van der Waals surface area contributed by atoms with Crippen LogP contribution >= 0.6 is 11.3 Å². The van der Waals surface area contributed by atoms with Crippen LogP contribution in [-0.4, -0.2) is 23.0 Å². The van der Waals surface area contributed by atoms with Gasteiger partial charge in [0.1, 0.15) is 11.5 Å². The zero-order valence-electron chi connectivity index (χ0n) is 17.7. The van der Waals surface area contributed by atoms with E-state index < -0.39 is 0 Å². The number of urea groups is 1. The Bertz CT molecular complexity index is 1030. The summed E-state index contributed by atoms with van der Waals surface area (Å²) in [6, 6.07) is 16.7. The van der Waals surface area contributed by atoms with Crippen molar-refractivity contribution in [1.82, 2.24) is 10.3 Å². The Hall–Kier alpha value is -3.39. The lowest BCUT2D eigenvalue weighted by Gasteiger charge is -2.22. The molecule has 0 aliphatic heterocycles. The van der Waals surface area contributed by atoms with Gasteiger partial charge in [-0.25, -0.2) is 9.78 Å². The van der Waals surface area contributed by atoms with Crippen molar-refractivity contribution in [3.8, 4) is 11.5 Å². The van der Waals surface area contributed by atoms with E-state index >= 15 is 0 Å². The fraction of sp³-hybridized carbons (Fsp3) is 0.292. The number of para-hydroxylation sites is 1. The standard InChI is InChI=1S/C24H26N4O3S/c29-22(25-18-11-13-21(14-12-18)31-20-9-5-2-6-10-20)15-19-16-32-24(27-19)28-23(30)26-17-7-3-1-4-8-17/h2,5-6,9-14,16-17H,1,3-4,7-8,15H2,(H,25,29)(H2,26,27,28,30). The summed E-state index contributed by atoms with van der Waals surface area (Å²) in [6.07, 6.45) is 5.73. The Labute approximate surface area is 191 Å². The first-order valence-electron chi connectivity index (χ1n) is 10.8. The number of aromatic nitrogens is 1. The lowest BCUT2D eigenvalue weighted by atomic mass is 9.96. The lowest BCUT2D eigenvalue weighted by molar-refractivity contribution is -0.115. The number of carbonyl (C=O) groups is 2. The summed E-state index contributed by atoms with van der Waals surface area (Å²) in [5, 5.41) is 10.9. The number of nitrogens with one attached hydrogen (secondary N) is 3. The number of benzene rings is 2. The van der Waals surface area contributed by atoms with Crippen LogP contribution in [0.4, 0.5) is 15.6 Å². The predicted molar refractivity (Wildman–Crippen MR) is 126 cm³/mol. The van der Waals surface area contributed by atoms with Gasteiger partial charge in [0.05, 0.1) is 12.1 Å². The monoisotopic (exact) mass is 450 g/mol. The second kappa shape index (κ2) is 10.8. The molecule has 3 amide bonds. The number of anilines is 2. The van der Waals surface area contributed by atoms with Crippen LogP contribution in [0.3, 0.4) is 0 Å². The molecular weight excluding hydrogens is 424 g/mol. The number of hydrogen-bond donors (Lipinski definition) is 3. The molecule has 4 rings (SSSR count). The third-order valence-corrected chi connectivity index (χ3v) is 5.98. The largest absolute Gasteiger partial charge is 0.457 e. The molecule has 1 saturated carbocycles. The predicted octanol–water partition coefficient (Wildman–Crippen LogP) is 5.57. The van der Waals surface area contributed by atoms with Crippen molar-refractivity contribution in [2.24, 2.45) is 0 Å². The summed E-state index contributed by atoms with van der Waals surface area (Å²) in [7, 11) is 0. The maximum atomic E-state index is 12.4. The number of nitrogens with zero attached hydrogens (tertiary/aromatic N) is 1. The zero-order chi connectivity index (χ0) is 22.2. The molecule has 0 bridgehead atoms. The van der Waals surface area contributed by atoms with Gasteiger partial charge in [0, 0.05) is 17.1 Å².